The summed E-state index contributed by atoms with van der Waals surface area (Å²) in [7, 11) is 0. The fraction of sp³-hybridized carbons (Fsp3) is 0.571. The minimum Gasteiger partial charge on any atom is -0.445 e. The quantitative estimate of drug-likeness (QED) is 0.750. The molecule has 2 atom stereocenters. The predicted molar refractivity (Wildman–Crippen MR) is 106 cm³/mol. The van der Waals surface area contributed by atoms with Crippen molar-refractivity contribution in [3.8, 4) is 0 Å². The number of piperidine rings is 1. The standard InChI is InChI=1S/C21H31N3O4/c1-15(2)18(20(26)24-12-8-5-9-13-24)23-19(25)16(3)22-21(27)28-14-17-10-6-4-7-11-17/h4,6-7,10-11,15-16,18H,5,8-9,12-14H2,1-3H3,(H,22,27)(H,23,25)/t16-,18+/m1/s1. The third-order valence-corrected chi connectivity index (χ3v) is 4.84. The summed E-state index contributed by atoms with van der Waals surface area (Å²) in [6, 6.07) is 7.89. The molecule has 0 spiro atoms. The average molecular weight is 389 g/mol. The summed E-state index contributed by atoms with van der Waals surface area (Å²) in [5.74, 6) is -0.502. The highest BCUT2D eigenvalue weighted by Crippen LogP contribution is 2.13. The van der Waals surface area contributed by atoms with E-state index in [4.69, 9.17) is 4.74 Å². The number of benzene rings is 1. The molecule has 2 rings (SSSR count). The highest BCUT2D eigenvalue weighted by molar-refractivity contribution is 5.91. The van der Waals surface area contributed by atoms with Gasteiger partial charge in [-0.05, 0) is 37.7 Å². The predicted octanol–water partition coefficient (Wildman–Crippen LogP) is 2.45. The molecule has 2 N–H and O–H groups in total. The number of carbonyl (C=O) groups is 3. The maximum atomic E-state index is 12.8. The number of alkyl carbamates (subject to hydrolysis) is 1. The Bertz CT molecular complexity index is 657. The first-order chi connectivity index (χ1) is 13.4. The number of rotatable bonds is 7. The number of hydrogen-bond donors (Lipinski definition) is 2. The molecule has 1 aromatic carbocycles. The van der Waals surface area contributed by atoms with Gasteiger partial charge in [-0.1, -0.05) is 44.2 Å². The van der Waals surface area contributed by atoms with E-state index in [0.29, 0.717) is 0 Å². The Morgan fingerprint density at radius 2 is 1.64 bits per heavy atom. The van der Waals surface area contributed by atoms with Gasteiger partial charge >= 0.3 is 6.09 Å². The minimum absolute atomic E-state index is 0.0457. The number of nitrogens with zero attached hydrogens (tertiary/aromatic N) is 1. The van der Waals surface area contributed by atoms with Gasteiger partial charge in [-0.15, -0.1) is 0 Å². The Kier molecular flexibility index (Phi) is 8.29. The lowest BCUT2D eigenvalue weighted by Crippen LogP contribution is -2.56. The van der Waals surface area contributed by atoms with Crippen LogP contribution in [0.4, 0.5) is 4.79 Å². The van der Waals surface area contributed by atoms with Crippen LogP contribution in [0.3, 0.4) is 0 Å². The zero-order chi connectivity index (χ0) is 20.5. The molecule has 1 heterocycles. The number of ether oxygens (including phenoxy) is 1. The third-order valence-electron chi connectivity index (χ3n) is 4.84. The maximum absolute atomic E-state index is 12.8. The van der Waals surface area contributed by atoms with Crippen LogP contribution in [0.2, 0.25) is 0 Å². The molecule has 0 unspecified atom stereocenters. The molecule has 154 valence electrons. The van der Waals surface area contributed by atoms with Crippen LogP contribution >= 0.6 is 0 Å². The van der Waals surface area contributed by atoms with E-state index in [1.165, 1.54) is 0 Å². The van der Waals surface area contributed by atoms with Crippen molar-refractivity contribution in [2.24, 2.45) is 5.92 Å². The zero-order valence-electron chi connectivity index (χ0n) is 16.9. The van der Waals surface area contributed by atoms with Gasteiger partial charge in [-0.25, -0.2) is 4.79 Å². The normalized spacial score (nSPS) is 16.2. The summed E-state index contributed by atoms with van der Waals surface area (Å²) in [6.07, 6.45) is 2.45. The van der Waals surface area contributed by atoms with Crippen molar-refractivity contribution in [1.82, 2.24) is 15.5 Å². The van der Waals surface area contributed by atoms with Crippen molar-refractivity contribution in [1.29, 1.82) is 0 Å². The van der Waals surface area contributed by atoms with E-state index in [0.717, 1.165) is 37.9 Å². The summed E-state index contributed by atoms with van der Waals surface area (Å²) in [5.41, 5.74) is 0.863. The number of hydrogen-bond acceptors (Lipinski definition) is 4. The van der Waals surface area contributed by atoms with E-state index in [2.05, 4.69) is 10.6 Å². The average Bonchev–Trinajstić information content (AvgIpc) is 2.71. The first-order valence-corrected chi connectivity index (χ1v) is 9.95. The summed E-state index contributed by atoms with van der Waals surface area (Å²) in [5, 5.41) is 5.31. The van der Waals surface area contributed by atoms with Gasteiger partial charge in [0.25, 0.3) is 0 Å². The van der Waals surface area contributed by atoms with Crippen molar-refractivity contribution in [2.45, 2.75) is 58.7 Å². The van der Waals surface area contributed by atoms with Crippen molar-refractivity contribution in [3.05, 3.63) is 35.9 Å². The Hall–Kier alpha value is -2.57. The Morgan fingerprint density at radius 3 is 2.25 bits per heavy atom. The van der Waals surface area contributed by atoms with Gasteiger partial charge in [0, 0.05) is 13.1 Å². The van der Waals surface area contributed by atoms with Gasteiger partial charge in [0.2, 0.25) is 11.8 Å². The molecule has 28 heavy (non-hydrogen) atoms. The number of amides is 3. The van der Waals surface area contributed by atoms with Gasteiger partial charge in [0.15, 0.2) is 0 Å². The minimum atomic E-state index is -0.807. The lowest BCUT2D eigenvalue weighted by Gasteiger charge is -2.32. The molecule has 7 heteroatoms. The molecule has 0 aromatic heterocycles. The first kappa shape index (κ1) is 21.7. The fourth-order valence-electron chi connectivity index (χ4n) is 3.11. The zero-order valence-corrected chi connectivity index (χ0v) is 16.9. The van der Waals surface area contributed by atoms with Crippen LogP contribution < -0.4 is 10.6 Å². The molecule has 1 aromatic rings. The molecule has 0 radical (unpaired) electrons. The second kappa shape index (κ2) is 10.7. The van der Waals surface area contributed by atoms with Gasteiger partial charge in [-0.2, -0.15) is 0 Å². The Labute approximate surface area is 166 Å². The SMILES string of the molecule is CC(C)[C@H](NC(=O)[C@@H](C)NC(=O)OCc1ccccc1)C(=O)N1CCCCC1. The maximum Gasteiger partial charge on any atom is 0.408 e. The van der Waals surface area contributed by atoms with Crippen LogP contribution in [0, 0.1) is 5.92 Å². The third kappa shape index (κ3) is 6.55. The van der Waals surface area contributed by atoms with E-state index in [1.54, 1.807) is 6.92 Å². The number of likely N-dealkylation sites (tertiary alicyclic amines) is 1. The Morgan fingerprint density at radius 1 is 1.00 bits per heavy atom. The van der Waals surface area contributed by atoms with Crippen molar-refractivity contribution in [3.63, 3.8) is 0 Å². The first-order valence-electron chi connectivity index (χ1n) is 9.95. The second-order valence-electron chi connectivity index (χ2n) is 7.54. The molecule has 0 saturated carbocycles. The van der Waals surface area contributed by atoms with E-state index >= 15 is 0 Å². The summed E-state index contributed by atoms with van der Waals surface area (Å²) < 4.78 is 5.14. The Balaban J connectivity index is 1.84. The largest absolute Gasteiger partial charge is 0.445 e. The lowest BCUT2D eigenvalue weighted by atomic mass is 10.0. The van der Waals surface area contributed by atoms with Crippen LogP contribution in [0.1, 0.15) is 45.6 Å². The molecule has 1 aliphatic rings. The van der Waals surface area contributed by atoms with Crippen LogP contribution in [0.15, 0.2) is 30.3 Å². The van der Waals surface area contributed by atoms with E-state index in [-0.39, 0.29) is 18.4 Å². The molecule has 0 bridgehead atoms. The molecular formula is C21H31N3O4. The molecule has 7 nitrogen and oxygen atoms in total. The molecule has 3 amide bonds. The van der Waals surface area contributed by atoms with Crippen LogP contribution in [0.5, 0.6) is 0 Å². The van der Waals surface area contributed by atoms with Crippen LogP contribution in [0.25, 0.3) is 0 Å². The summed E-state index contributed by atoms with van der Waals surface area (Å²) in [6.45, 7) is 6.97. The molecule has 1 fully saturated rings. The number of nitrogens with one attached hydrogen (secondary N) is 2. The van der Waals surface area contributed by atoms with E-state index < -0.39 is 24.1 Å². The van der Waals surface area contributed by atoms with Crippen LogP contribution in [-0.2, 0) is 20.9 Å². The van der Waals surface area contributed by atoms with Crippen molar-refractivity contribution in [2.75, 3.05) is 13.1 Å². The smallest absolute Gasteiger partial charge is 0.408 e. The molecule has 1 saturated heterocycles. The lowest BCUT2D eigenvalue weighted by molar-refractivity contribution is -0.138. The second-order valence-corrected chi connectivity index (χ2v) is 7.54. The van der Waals surface area contributed by atoms with Crippen molar-refractivity contribution < 1.29 is 19.1 Å². The van der Waals surface area contributed by atoms with Gasteiger partial charge in [-0.3, -0.25) is 9.59 Å². The molecule has 1 aliphatic heterocycles. The van der Waals surface area contributed by atoms with Gasteiger partial charge in [0.05, 0.1) is 0 Å². The van der Waals surface area contributed by atoms with E-state index in [9.17, 15) is 14.4 Å². The number of carbonyl (C=O) groups excluding carboxylic acids is 3. The van der Waals surface area contributed by atoms with Crippen molar-refractivity contribution >= 4 is 17.9 Å². The monoisotopic (exact) mass is 389 g/mol. The molecule has 0 aliphatic carbocycles. The van der Waals surface area contributed by atoms with Crippen LogP contribution in [-0.4, -0.2) is 48.0 Å². The topological polar surface area (TPSA) is 87.7 Å². The fourth-order valence-corrected chi connectivity index (χ4v) is 3.11. The highest BCUT2D eigenvalue weighted by atomic mass is 16.5. The van der Waals surface area contributed by atoms with Gasteiger partial charge < -0.3 is 20.3 Å². The summed E-state index contributed by atoms with van der Waals surface area (Å²) in [4.78, 5) is 39.0. The van der Waals surface area contributed by atoms with E-state index in [1.807, 2.05) is 49.1 Å². The highest BCUT2D eigenvalue weighted by Gasteiger charge is 2.30. The summed E-state index contributed by atoms with van der Waals surface area (Å²) >= 11 is 0. The molecular weight excluding hydrogens is 358 g/mol. The van der Waals surface area contributed by atoms with Gasteiger partial charge in [0.1, 0.15) is 18.7 Å².